The second-order valence-corrected chi connectivity index (χ2v) is 8.34. The van der Waals surface area contributed by atoms with E-state index in [4.69, 9.17) is 16.3 Å². The summed E-state index contributed by atoms with van der Waals surface area (Å²) in [6, 6.07) is 7.16. The molecule has 4 bridgehead atoms. The van der Waals surface area contributed by atoms with Gasteiger partial charge in [0.05, 0.1) is 0 Å². The molecule has 1 atom stereocenters. The molecule has 4 saturated carbocycles. The van der Waals surface area contributed by atoms with E-state index in [9.17, 15) is 4.79 Å². The highest BCUT2D eigenvalue weighted by Gasteiger charge is 2.51. The van der Waals surface area contributed by atoms with E-state index in [0.717, 1.165) is 17.8 Å². The third-order valence-corrected chi connectivity index (χ3v) is 6.17. The maximum Gasteiger partial charge on any atom is 0.261 e. The van der Waals surface area contributed by atoms with Crippen LogP contribution in [0.2, 0.25) is 5.02 Å². The molecule has 4 aliphatic rings. The molecule has 124 valence electrons. The van der Waals surface area contributed by atoms with E-state index in [1.807, 2.05) is 6.92 Å². The van der Waals surface area contributed by atoms with Crippen molar-refractivity contribution in [3.63, 3.8) is 0 Å². The molecule has 1 aromatic carbocycles. The van der Waals surface area contributed by atoms with Crippen LogP contribution in [-0.4, -0.2) is 17.6 Å². The Kier molecular flexibility index (Phi) is 3.79. The van der Waals surface area contributed by atoms with Crippen molar-refractivity contribution in [1.82, 2.24) is 5.32 Å². The minimum Gasteiger partial charge on any atom is -0.481 e. The third kappa shape index (κ3) is 3.08. The van der Waals surface area contributed by atoms with E-state index >= 15 is 0 Å². The van der Waals surface area contributed by atoms with Gasteiger partial charge in [-0.15, -0.1) is 0 Å². The van der Waals surface area contributed by atoms with Crippen molar-refractivity contribution < 1.29 is 9.53 Å². The molecule has 1 aromatic rings. The SMILES string of the molecule is C[C@@H](Oc1ccc(Cl)cc1)C(=O)NC12CC3CC(CC(C3)C1)C2. The lowest BCUT2D eigenvalue weighted by molar-refractivity contribution is -0.133. The molecule has 23 heavy (non-hydrogen) atoms. The minimum atomic E-state index is -0.482. The van der Waals surface area contributed by atoms with Crippen molar-refractivity contribution in [2.24, 2.45) is 17.8 Å². The lowest BCUT2D eigenvalue weighted by Crippen LogP contribution is -2.61. The van der Waals surface area contributed by atoms with E-state index in [1.54, 1.807) is 24.3 Å². The van der Waals surface area contributed by atoms with E-state index in [1.165, 1.54) is 38.5 Å². The van der Waals surface area contributed by atoms with E-state index < -0.39 is 6.10 Å². The van der Waals surface area contributed by atoms with Gasteiger partial charge < -0.3 is 10.1 Å². The summed E-state index contributed by atoms with van der Waals surface area (Å²) < 4.78 is 5.77. The van der Waals surface area contributed by atoms with Crippen LogP contribution in [0, 0.1) is 17.8 Å². The van der Waals surface area contributed by atoms with Crippen molar-refractivity contribution in [1.29, 1.82) is 0 Å². The van der Waals surface area contributed by atoms with Crippen LogP contribution < -0.4 is 10.1 Å². The van der Waals surface area contributed by atoms with Crippen LogP contribution in [0.3, 0.4) is 0 Å². The lowest BCUT2D eigenvalue weighted by atomic mass is 9.53. The zero-order chi connectivity index (χ0) is 16.0. The summed E-state index contributed by atoms with van der Waals surface area (Å²) in [5, 5.41) is 4.04. The average molecular weight is 334 g/mol. The van der Waals surface area contributed by atoms with E-state index in [0.29, 0.717) is 10.8 Å². The van der Waals surface area contributed by atoms with Gasteiger partial charge >= 0.3 is 0 Å². The standard InChI is InChI=1S/C19H24ClNO2/c1-12(23-17-4-2-16(20)3-5-17)18(22)21-19-9-13-6-14(10-19)8-15(7-13)11-19/h2-5,12-15H,6-11H2,1H3,(H,21,22)/t12-,13?,14?,15?,19?/m1/s1. The van der Waals surface area contributed by atoms with Crippen LogP contribution in [0.4, 0.5) is 0 Å². The molecule has 0 unspecified atom stereocenters. The van der Waals surface area contributed by atoms with Crippen LogP contribution in [0.25, 0.3) is 0 Å². The summed E-state index contributed by atoms with van der Waals surface area (Å²) >= 11 is 5.88. The summed E-state index contributed by atoms with van der Waals surface area (Å²) in [4.78, 5) is 12.6. The fraction of sp³-hybridized carbons (Fsp3) is 0.632. The second kappa shape index (κ2) is 5.70. The number of ether oxygens (including phenoxy) is 1. The molecule has 0 radical (unpaired) electrons. The normalized spacial score (nSPS) is 35.8. The quantitative estimate of drug-likeness (QED) is 0.897. The first-order valence-corrected chi connectivity index (χ1v) is 9.13. The Balaban J connectivity index is 1.40. The van der Waals surface area contributed by atoms with Crippen LogP contribution >= 0.6 is 11.6 Å². The Labute approximate surface area is 142 Å². The molecule has 0 saturated heterocycles. The highest BCUT2D eigenvalue weighted by atomic mass is 35.5. The monoisotopic (exact) mass is 333 g/mol. The average Bonchev–Trinajstić information content (AvgIpc) is 2.47. The molecule has 1 amide bonds. The van der Waals surface area contributed by atoms with Crippen molar-refractivity contribution >= 4 is 17.5 Å². The van der Waals surface area contributed by atoms with E-state index in [-0.39, 0.29) is 11.4 Å². The fourth-order valence-electron chi connectivity index (χ4n) is 5.40. The zero-order valence-electron chi connectivity index (χ0n) is 13.6. The van der Waals surface area contributed by atoms with Gasteiger partial charge in [0.15, 0.2) is 6.10 Å². The van der Waals surface area contributed by atoms with Gasteiger partial charge in [-0.05, 0) is 87.5 Å². The number of amides is 1. The molecule has 3 nitrogen and oxygen atoms in total. The van der Waals surface area contributed by atoms with Crippen LogP contribution in [0.15, 0.2) is 24.3 Å². The third-order valence-electron chi connectivity index (χ3n) is 5.92. The van der Waals surface area contributed by atoms with Gasteiger partial charge in [-0.2, -0.15) is 0 Å². The molecule has 0 heterocycles. The number of halogens is 1. The summed E-state index contributed by atoms with van der Waals surface area (Å²) in [7, 11) is 0. The largest absolute Gasteiger partial charge is 0.481 e. The predicted molar refractivity (Wildman–Crippen MR) is 90.6 cm³/mol. The van der Waals surface area contributed by atoms with E-state index in [2.05, 4.69) is 5.32 Å². The van der Waals surface area contributed by atoms with Crippen molar-refractivity contribution in [2.45, 2.75) is 57.1 Å². The van der Waals surface area contributed by atoms with Gasteiger partial charge in [0, 0.05) is 10.6 Å². The Morgan fingerprint density at radius 2 is 1.65 bits per heavy atom. The molecule has 4 fully saturated rings. The maximum atomic E-state index is 12.6. The van der Waals surface area contributed by atoms with Crippen molar-refractivity contribution in [3.05, 3.63) is 29.3 Å². The zero-order valence-corrected chi connectivity index (χ0v) is 14.3. The number of carbonyl (C=O) groups is 1. The highest BCUT2D eigenvalue weighted by Crippen LogP contribution is 2.55. The molecule has 1 N–H and O–H groups in total. The van der Waals surface area contributed by atoms with Gasteiger partial charge in [-0.25, -0.2) is 0 Å². The summed E-state index contributed by atoms with van der Waals surface area (Å²) in [5.41, 5.74) is 0.0451. The number of nitrogens with one attached hydrogen (secondary N) is 1. The Hall–Kier alpha value is -1.22. The Morgan fingerprint density at radius 3 is 2.17 bits per heavy atom. The predicted octanol–water partition coefficient (Wildman–Crippen LogP) is 4.19. The molecule has 4 aliphatic carbocycles. The van der Waals surface area contributed by atoms with Crippen LogP contribution in [0.1, 0.15) is 45.4 Å². The topological polar surface area (TPSA) is 38.3 Å². The minimum absolute atomic E-state index is 0.0156. The molecule has 0 aliphatic heterocycles. The van der Waals surface area contributed by atoms with Crippen LogP contribution in [0.5, 0.6) is 5.75 Å². The molecular formula is C19H24ClNO2. The number of hydrogen-bond acceptors (Lipinski definition) is 2. The van der Waals surface area contributed by atoms with Crippen molar-refractivity contribution in [2.75, 3.05) is 0 Å². The van der Waals surface area contributed by atoms with Gasteiger partial charge in [0.25, 0.3) is 5.91 Å². The molecule has 0 aromatic heterocycles. The number of rotatable bonds is 4. The smallest absolute Gasteiger partial charge is 0.261 e. The first-order chi connectivity index (χ1) is 11.0. The van der Waals surface area contributed by atoms with Crippen molar-refractivity contribution in [3.8, 4) is 5.75 Å². The molecule has 4 heteroatoms. The molecule has 5 rings (SSSR count). The first kappa shape index (κ1) is 15.3. The lowest BCUT2D eigenvalue weighted by Gasteiger charge is -2.57. The molecule has 0 spiro atoms. The second-order valence-electron chi connectivity index (χ2n) is 7.90. The van der Waals surface area contributed by atoms with Crippen LogP contribution in [-0.2, 0) is 4.79 Å². The van der Waals surface area contributed by atoms with Gasteiger partial charge in [0.1, 0.15) is 5.75 Å². The highest BCUT2D eigenvalue weighted by molar-refractivity contribution is 6.30. The van der Waals surface area contributed by atoms with Gasteiger partial charge in [0.2, 0.25) is 0 Å². The summed E-state index contributed by atoms with van der Waals surface area (Å²) in [6.07, 6.45) is 7.16. The number of hydrogen-bond donors (Lipinski definition) is 1. The fourth-order valence-corrected chi connectivity index (χ4v) is 5.52. The van der Waals surface area contributed by atoms with Gasteiger partial charge in [-0.3, -0.25) is 4.79 Å². The first-order valence-electron chi connectivity index (χ1n) is 8.76. The number of carbonyl (C=O) groups excluding carboxylic acids is 1. The maximum absolute atomic E-state index is 12.6. The summed E-state index contributed by atoms with van der Waals surface area (Å²) in [5.74, 6) is 3.18. The van der Waals surface area contributed by atoms with Gasteiger partial charge in [-0.1, -0.05) is 11.6 Å². The summed E-state index contributed by atoms with van der Waals surface area (Å²) in [6.45, 7) is 1.82. The molecular weight excluding hydrogens is 310 g/mol. The Bertz CT molecular complexity index is 563. The Morgan fingerprint density at radius 1 is 1.13 bits per heavy atom. The number of benzene rings is 1.